The third-order valence-electron chi connectivity index (χ3n) is 6.48. The van der Waals surface area contributed by atoms with E-state index in [1.807, 2.05) is 17.9 Å². The lowest BCUT2D eigenvalue weighted by atomic mass is 9.92. The molecule has 0 saturated carbocycles. The Morgan fingerprint density at radius 1 is 1.27 bits per heavy atom. The summed E-state index contributed by atoms with van der Waals surface area (Å²) in [6, 6.07) is 6.44. The maximum absolute atomic E-state index is 13.5. The van der Waals surface area contributed by atoms with Gasteiger partial charge in [0.05, 0.1) is 6.20 Å². The van der Waals surface area contributed by atoms with Crippen LogP contribution in [-0.2, 0) is 21.5 Å². The van der Waals surface area contributed by atoms with E-state index in [1.54, 1.807) is 24.1 Å². The number of piperidine rings is 1. The molecule has 2 aliphatic rings. The normalized spacial score (nSPS) is 22.5. The quantitative estimate of drug-likeness (QED) is 0.770. The molecular formula is C23H28FN3O3. The average molecular weight is 413 g/mol. The molecule has 6 nitrogen and oxygen atoms in total. The summed E-state index contributed by atoms with van der Waals surface area (Å²) >= 11 is 0. The van der Waals surface area contributed by atoms with Gasteiger partial charge < -0.3 is 14.2 Å². The van der Waals surface area contributed by atoms with Gasteiger partial charge in [-0.1, -0.05) is 12.1 Å². The van der Waals surface area contributed by atoms with E-state index in [-0.39, 0.29) is 23.5 Å². The van der Waals surface area contributed by atoms with Crippen molar-refractivity contribution >= 4 is 11.8 Å². The number of rotatable bonds is 4. The average Bonchev–Trinajstić information content (AvgIpc) is 3.35. The number of oxazole rings is 1. The number of halogens is 1. The lowest BCUT2D eigenvalue weighted by Gasteiger charge is -2.38. The van der Waals surface area contributed by atoms with Crippen molar-refractivity contribution in [3.05, 3.63) is 53.5 Å². The van der Waals surface area contributed by atoms with Crippen LogP contribution in [0.4, 0.5) is 4.39 Å². The fourth-order valence-corrected chi connectivity index (χ4v) is 4.69. The minimum absolute atomic E-state index is 0.0672. The molecule has 0 spiro atoms. The number of nitrogens with zero attached hydrogens (tertiary/aromatic N) is 3. The van der Waals surface area contributed by atoms with Crippen LogP contribution in [0.25, 0.3) is 0 Å². The largest absolute Gasteiger partial charge is 0.443 e. The van der Waals surface area contributed by atoms with Crippen LogP contribution in [0.15, 0.2) is 34.9 Å². The van der Waals surface area contributed by atoms with Gasteiger partial charge in [0.1, 0.15) is 17.1 Å². The molecule has 4 rings (SSSR count). The first-order valence-electron chi connectivity index (χ1n) is 10.6. The molecule has 7 heteroatoms. The molecule has 0 aliphatic carbocycles. The zero-order chi connectivity index (χ0) is 21.3. The molecule has 0 bridgehead atoms. The van der Waals surface area contributed by atoms with Crippen LogP contribution in [0.1, 0.15) is 56.7 Å². The highest BCUT2D eigenvalue weighted by Gasteiger charge is 2.46. The molecule has 1 aromatic heterocycles. The maximum Gasteiger partial charge on any atom is 0.226 e. The lowest BCUT2D eigenvalue weighted by molar-refractivity contribution is -0.144. The first-order valence-corrected chi connectivity index (χ1v) is 10.6. The molecular weight excluding hydrogens is 385 g/mol. The smallest absolute Gasteiger partial charge is 0.226 e. The Morgan fingerprint density at radius 2 is 2.03 bits per heavy atom. The monoisotopic (exact) mass is 413 g/mol. The molecule has 1 atom stereocenters. The summed E-state index contributed by atoms with van der Waals surface area (Å²) in [5.41, 5.74) is 0.245. The summed E-state index contributed by atoms with van der Waals surface area (Å²) in [5.74, 6) is 1.05. The van der Waals surface area contributed by atoms with Gasteiger partial charge in [-0.2, -0.15) is 0 Å². The number of aromatic nitrogens is 1. The van der Waals surface area contributed by atoms with Crippen LogP contribution >= 0.6 is 0 Å². The Hall–Kier alpha value is -2.70. The van der Waals surface area contributed by atoms with Crippen LogP contribution in [0.3, 0.4) is 0 Å². The second-order valence-corrected chi connectivity index (χ2v) is 8.59. The van der Waals surface area contributed by atoms with Crippen molar-refractivity contribution in [2.45, 2.75) is 51.5 Å². The molecule has 0 N–H and O–H groups in total. The van der Waals surface area contributed by atoms with Gasteiger partial charge in [-0.05, 0) is 50.3 Å². The number of hydrogen-bond donors (Lipinski definition) is 0. The van der Waals surface area contributed by atoms with E-state index in [9.17, 15) is 14.0 Å². The number of hydrogen-bond acceptors (Lipinski definition) is 4. The van der Waals surface area contributed by atoms with Gasteiger partial charge in [0.2, 0.25) is 17.7 Å². The third-order valence-corrected chi connectivity index (χ3v) is 6.48. The van der Waals surface area contributed by atoms with Crippen molar-refractivity contribution in [2.24, 2.45) is 5.92 Å². The highest BCUT2D eigenvalue weighted by atomic mass is 19.1. The van der Waals surface area contributed by atoms with Crippen molar-refractivity contribution in [1.29, 1.82) is 0 Å². The van der Waals surface area contributed by atoms with Crippen LogP contribution in [0.5, 0.6) is 0 Å². The van der Waals surface area contributed by atoms with Crippen molar-refractivity contribution in [2.75, 3.05) is 19.6 Å². The van der Waals surface area contributed by atoms with Crippen molar-refractivity contribution < 1.29 is 18.4 Å². The van der Waals surface area contributed by atoms with E-state index in [4.69, 9.17) is 4.42 Å². The van der Waals surface area contributed by atoms with Crippen LogP contribution < -0.4 is 0 Å². The van der Waals surface area contributed by atoms with E-state index in [1.165, 1.54) is 12.1 Å². The molecule has 1 aromatic carbocycles. The Labute approximate surface area is 176 Å². The van der Waals surface area contributed by atoms with E-state index >= 15 is 0 Å². The highest BCUT2D eigenvalue weighted by Crippen LogP contribution is 2.40. The summed E-state index contributed by atoms with van der Waals surface area (Å²) in [7, 11) is 0. The van der Waals surface area contributed by atoms with Crippen molar-refractivity contribution in [3.63, 3.8) is 0 Å². The lowest BCUT2D eigenvalue weighted by Crippen LogP contribution is -2.48. The number of carbonyl (C=O) groups excluding carboxylic acids is 2. The SMILES string of the molecule is CC(=O)N1CCC(C(=O)N2CCCC2(C)c2ncc(Cc3cccc(F)c3)o2)CC1. The second kappa shape index (κ2) is 8.20. The first-order chi connectivity index (χ1) is 14.4. The van der Waals surface area contributed by atoms with E-state index in [2.05, 4.69) is 4.98 Å². The van der Waals surface area contributed by atoms with Crippen molar-refractivity contribution in [1.82, 2.24) is 14.8 Å². The van der Waals surface area contributed by atoms with Gasteiger partial charge in [0.25, 0.3) is 0 Å². The molecule has 2 fully saturated rings. The van der Waals surface area contributed by atoms with Crippen molar-refractivity contribution in [3.8, 4) is 0 Å². The fraction of sp³-hybridized carbons (Fsp3) is 0.522. The predicted octanol–water partition coefficient (Wildman–Crippen LogP) is 3.50. The van der Waals surface area contributed by atoms with E-state index in [0.717, 1.165) is 18.4 Å². The second-order valence-electron chi connectivity index (χ2n) is 8.59. The Morgan fingerprint density at radius 3 is 2.73 bits per heavy atom. The third kappa shape index (κ3) is 3.98. The van der Waals surface area contributed by atoms with Crippen LogP contribution in [0, 0.1) is 11.7 Å². The van der Waals surface area contributed by atoms with Gasteiger partial charge in [0.15, 0.2) is 0 Å². The summed E-state index contributed by atoms with van der Waals surface area (Å²) in [4.78, 5) is 33.1. The van der Waals surface area contributed by atoms with E-state index in [0.29, 0.717) is 50.5 Å². The van der Waals surface area contributed by atoms with Gasteiger partial charge in [-0.3, -0.25) is 9.59 Å². The standard InChI is InChI=1S/C23H28FN3O3/c1-16(28)26-11-7-18(8-12-26)21(29)27-10-4-9-23(27,2)22-25-15-20(30-22)14-17-5-3-6-19(24)13-17/h3,5-6,13,15,18H,4,7-12,14H2,1-2H3. The number of carbonyl (C=O) groups is 2. The Balaban J connectivity index is 1.47. The zero-order valence-corrected chi connectivity index (χ0v) is 17.6. The fourth-order valence-electron chi connectivity index (χ4n) is 4.69. The first kappa shape index (κ1) is 20.6. The van der Waals surface area contributed by atoms with Gasteiger partial charge in [-0.15, -0.1) is 0 Å². The van der Waals surface area contributed by atoms with Gasteiger partial charge in [-0.25, -0.2) is 9.37 Å². The maximum atomic E-state index is 13.5. The Bertz CT molecular complexity index is 935. The van der Waals surface area contributed by atoms with Crippen LogP contribution in [0.2, 0.25) is 0 Å². The number of amides is 2. The molecule has 3 heterocycles. The molecule has 2 saturated heterocycles. The number of likely N-dealkylation sites (tertiary alicyclic amines) is 2. The van der Waals surface area contributed by atoms with Gasteiger partial charge in [0, 0.05) is 38.9 Å². The predicted molar refractivity (Wildman–Crippen MR) is 109 cm³/mol. The molecule has 30 heavy (non-hydrogen) atoms. The molecule has 0 radical (unpaired) electrons. The molecule has 2 aromatic rings. The molecule has 160 valence electrons. The summed E-state index contributed by atoms with van der Waals surface area (Å²) < 4.78 is 19.5. The molecule has 2 amide bonds. The van der Waals surface area contributed by atoms with Crippen LogP contribution in [-0.4, -0.2) is 46.2 Å². The Kier molecular flexibility index (Phi) is 5.62. The highest BCUT2D eigenvalue weighted by molar-refractivity contribution is 5.81. The molecule has 2 aliphatic heterocycles. The minimum atomic E-state index is -0.574. The minimum Gasteiger partial charge on any atom is -0.443 e. The number of benzene rings is 1. The van der Waals surface area contributed by atoms with E-state index < -0.39 is 5.54 Å². The topological polar surface area (TPSA) is 66.7 Å². The summed E-state index contributed by atoms with van der Waals surface area (Å²) in [5, 5.41) is 0. The summed E-state index contributed by atoms with van der Waals surface area (Å²) in [6.45, 7) is 5.54. The molecule has 1 unspecified atom stereocenters. The zero-order valence-electron chi connectivity index (χ0n) is 17.6. The van der Waals surface area contributed by atoms with Gasteiger partial charge >= 0.3 is 0 Å². The summed E-state index contributed by atoms with van der Waals surface area (Å²) in [6.07, 6.45) is 5.22.